The Morgan fingerprint density at radius 2 is 2.11 bits per heavy atom. The summed E-state index contributed by atoms with van der Waals surface area (Å²) in [5, 5.41) is 0. The molecule has 1 unspecified atom stereocenters. The molecule has 0 saturated heterocycles. The Hall–Kier alpha value is -0.0400. The Balaban J connectivity index is 2.30. The Morgan fingerprint density at radius 3 is 2.44 bits per heavy atom. The smallest absolute Gasteiger partial charge is 0.0154 e. The molecule has 0 amide bonds. The van der Waals surface area contributed by atoms with Gasteiger partial charge < -0.3 is 5.73 Å². The summed E-state index contributed by atoms with van der Waals surface area (Å²) in [5.74, 6) is 0.845. The van der Waals surface area contributed by atoms with Crippen LogP contribution in [-0.2, 0) is 0 Å². The molecule has 0 bridgehead atoms. The van der Waals surface area contributed by atoms with Crippen molar-refractivity contribution in [2.24, 2.45) is 11.7 Å². The van der Waals surface area contributed by atoms with Crippen LogP contribution in [0.1, 0.15) is 39.5 Å². The van der Waals surface area contributed by atoms with Gasteiger partial charge in [-0.1, -0.05) is 13.3 Å². The SMILES string of the molecule is CCCC(C)(N)C1CC1. The second kappa shape index (κ2) is 2.30. The lowest BCUT2D eigenvalue weighted by molar-refractivity contribution is 0.375. The van der Waals surface area contributed by atoms with E-state index in [1.54, 1.807) is 0 Å². The highest BCUT2D eigenvalue weighted by atomic mass is 14.8. The third kappa shape index (κ3) is 1.68. The summed E-state index contributed by atoms with van der Waals surface area (Å²) in [7, 11) is 0. The fourth-order valence-corrected chi connectivity index (χ4v) is 1.49. The van der Waals surface area contributed by atoms with Gasteiger partial charge in [0.15, 0.2) is 0 Å². The van der Waals surface area contributed by atoms with Crippen molar-refractivity contribution in [2.75, 3.05) is 0 Å². The van der Waals surface area contributed by atoms with E-state index in [2.05, 4.69) is 13.8 Å². The zero-order chi connectivity index (χ0) is 6.91. The van der Waals surface area contributed by atoms with Crippen molar-refractivity contribution >= 4 is 0 Å². The maximum absolute atomic E-state index is 6.03. The van der Waals surface area contributed by atoms with Gasteiger partial charge in [0, 0.05) is 5.54 Å². The van der Waals surface area contributed by atoms with Crippen molar-refractivity contribution in [3.63, 3.8) is 0 Å². The third-order valence-corrected chi connectivity index (χ3v) is 2.30. The summed E-state index contributed by atoms with van der Waals surface area (Å²) in [4.78, 5) is 0. The van der Waals surface area contributed by atoms with Crippen LogP contribution in [-0.4, -0.2) is 5.54 Å². The normalized spacial score (nSPS) is 25.7. The molecule has 0 aromatic carbocycles. The lowest BCUT2D eigenvalue weighted by atomic mass is 9.92. The quantitative estimate of drug-likeness (QED) is 0.615. The molecule has 0 aliphatic heterocycles. The van der Waals surface area contributed by atoms with E-state index in [4.69, 9.17) is 5.73 Å². The monoisotopic (exact) mass is 127 g/mol. The van der Waals surface area contributed by atoms with Gasteiger partial charge in [-0.2, -0.15) is 0 Å². The van der Waals surface area contributed by atoms with Crippen LogP contribution in [0.15, 0.2) is 0 Å². The highest BCUT2D eigenvalue weighted by Crippen LogP contribution is 2.40. The van der Waals surface area contributed by atoms with Gasteiger partial charge in [0.05, 0.1) is 0 Å². The van der Waals surface area contributed by atoms with Crippen molar-refractivity contribution in [2.45, 2.75) is 45.1 Å². The zero-order valence-corrected chi connectivity index (χ0v) is 6.48. The summed E-state index contributed by atoms with van der Waals surface area (Å²) in [6, 6.07) is 0. The molecule has 0 aromatic rings. The average Bonchev–Trinajstić information content (AvgIpc) is 2.41. The van der Waals surface area contributed by atoms with Gasteiger partial charge in [0.1, 0.15) is 0 Å². The van der Waals surface area contributed by atoms with Crippen LogP contribution >= 0.6 is 0 Å². The second-order valence-electron chi connectivity index (χ2n) is 3.53. The summed E-state index contributed by atoms with van der Waals surface area (Å²) >= 11 is 0. The van der Waals surface area contributed by atoms with Gasteiger partial charge in [-0.3, -0.25) is 0 Å². The minimum atomic E-state index is 0.161. The summed E-state index contributed by atoms with van der Waals surface area (Å²) in [6.07, 6.45) is 5.15. The molecule has 1 atom stereocenters. The topological polar surface area (TPSA) is 26.0 Å². The number of hydrogen-bond acceptors (Lipinski definition) is 1. The number of hydrogen-bond donors (Lipinski definition) is 1. The maximum atomic E-state index is 6.03. The van der Waals surface area contributed by atoms with Crippen LogP contribution in [0.3, 0.4) is 0 Å². The van der Waals surface area contributed by atoms with Crippen molar-refractivity contribution in [1.82, 2.24) is 0 Å². The second-order valence-corrected chi connectivity index (χ2v) is 3.53. The fraction of sp³-hybridized carbons (Fsp3) is 1.00. The molecular formula is C8H17N. The minimum Gasteiger partial charge on any atom is -0.325 e. The largest absolute Gasteiger partial charge is 0.325 e. The van der Waals surface area contributed by atoms with Crippen molar-refractivity contribution in [3.05, 3.63) is 0 Å². The molecule has 0 heterocycles. The van der Waals surface area contributed by atoms with Crippen LogP contribution in [0, 0.1) is 5.92 Å². The van der Waals surface area contributed by atoms with Crippen LogP contribution < -0.4 is 5.73 Å². The van der Waals surface area contributed by atoms with Crippen LogP contribution in [0.25, 0.3) is 0 Å². The Kier molecular flexibility index (Phi) is 1.80. The highest BCUT2D eigenvalue weighted by molar-refractivity contribution is 4.94. The third-order valence-electron chi connectivity index (χ3n) is 2.30. The molecule has 2 N–H and O–H groups in total. The predicted octanol–water partition coefficient (Wildman–Crippen LogP) is 1.91. The van der Waals surface area contributed by atoms with Crippen LogP contribution in [0.4, 0.5) is 0 Å². The molecule has 1 rings (SSSR count). The first-order chi connectivity index (χ1) is 4.17. The molecule has 1 saturated carbocycles. The van der Waals surface area contributed by atoms with E-state index in [9.17, 15) is 0 Å². The molecular weight excluding hydrogens is 110 g/mol. The van der Waals surface area contributed by atoms with Gasteiger partial charge in [-0.05, 0) is 32.1 Å². The van der Waals surface area contributed by atoms with Crippen LogP contribution in [0.2, 0.25) is 0 Å². The van der Waals surface area contributed by atoms with Crippen molar-refractivity contribution < 1.29 is 0 Å². The van der Waals surface area contributed by atoms with E-state index in [1.165, 1.54) is 25.7 Å². The van der Waals surface area contributed by atoms with E-state index in [0.717, 1.165) is 5.92 Å². The van der Waals surface area contributed by atoms with Crippen molar-refractivity contribution in [1.29, 1.82) is 0 Å². The standard InChI is InChI=1S/C8H17N/c1-3-6-8(2,9)7-4-5-7/h7H,3-6,9H2,1-2H3. The molecule has 1 heteroatoms. The summed E-state index contributed by atoms with van der Waals surface area (Å²) < 4.78 is 0. The predicted molar refractivity (Wildman–Crippen MR) is 40.2 cm³/mol. The maximum Gasteiger partial charge on any atom is 0.0154 e. The minimum absolute atomic E-state index is 0.161. The molecule has 0 aromatic heterocycles. The Bertz CT molecular complexity index is 92.7. The lowest BCUT2D eigenvalue weighted by Gasteiger charge is -2.23. The summed E-state index contributed by atoms with van der Waals surface area (Å²) in [5.41, 5.74) is 6.19. The zero-order valence-electron chi connectivity index (χ0n) is 6.48. The summed E-state index contributed by atoms with van der Waals surface area (Å²) in [6.45, 7) is 4.39. The molecule has 0 spiro atoms. The van der Waals surface area contributed by atoms with E-state index in [1.807, 2.05) is 0 Å². The first-order valence-corrected chi connectivity index (χ1v) is 3.95. The molecule has 1 nitrogen and oxygen atoms in total. The molecule has 54 valence electrons. The van der Waals surface area contributed by atoms with Crippen LogP contribution in [0.5, 0.6) is 0 Å². The van der Waals surface area contributed by atoms with Gasteiger partial charge in [0.25, 0.3) is 0 Å². The van der Waals surface area contributed by atoms with E-state index >= 15 is 0 Å². The van der Waals surface area contributed by atoms with Gasteiger partial charge in [-0.15, -0.1) is 0 Å². The number of rotatable bonds is 3. The molecule has 1 fully saturated rings. The average molecular weight is 127 g/mol. The van der Waals surface area contributed by atoms with Gasteiger partial charge in [0.2, 0.25) is 0 Å². The van der Waals surface area contributed by atoms with E-state index < -0.39 is 0 Å². The molecule has 1 aliphatic carbocycles. The first-order valence-electron chi connectivity index (χ1n) is 3.95. The van der Waals surface area contributed by atoms with Gasteiger partial charge >= 0.3 is 0 Å². The molecule has 9 heavy (non-hydrogen) atoms. The fourth-order valence-electron chi connectivity index (χ4n) is 1.49. The molecule has 1 aliphatic rings. The van der Waals surface area contributed by atoms with Crippen molar-refractivity contribution in [3.8, 4) is 0 Å². The highest BCUT2D eigenvalue weighted by Gasteiger charge is 2.37. The van der Waals surface area contributed by atoms with Gasteiger partial charge in [-0.25, -0.2) is 0 Å². The van der Waals surface area contributed by atoms with E-state index in [0.29, 0.717) is 0 Å². The first kappa shape index (κ1) is 7.07. The Labute approximate surface area is 57.6 Å². The van der Waals surface area contributed by atoms with E-state index in [-0.39, 0.29) is 5.54 Å². The lowest BCUT2D eigenvalue weighted by Crippen LogP contribution is -2.38. The Morgan fingerprint density at radius 1 is 1.56 bits per heavy atom. The molecule has 0 radical (unpaired) electrons. The number of nitrogens with two attached hydrogens (primary N) is 1.